The van der Waals surface area contributed by atoms with Crippen LogP contribution in [-0.2, 0) is 11.3 Å². The van der Waals surface area contributed by atoms with Gasteiger partial charge in [0.1, 0.15) is 6.54 Å². The summed E-state index contributed by atoms with van der Waals surface area (Å²) in [6.07, 6.45) is 3.95. The molecule has 1 aromatic heterocycles. The van der Waals surface area contributed by atoms with Crippen LogP contribution in [0, 0.1) is 5.92 Å². The summed E-state index contributed by atoms with van der Waals surface area (Å²) in [7, 11) is 0. The number of carbonyl (C=O) groups is 1. The molecule has 1 amide bonds. The van der Waals surface area contributed by atoms with Crippen molar-refractivity contribution in [3.05, 3.63) is 28.7 Å². The van der Waals surface area contributed by atoms with E-state index >= 15 is 0 Å². The Labute approximate surface area is 124 Å². The summed E-state index contributed by atoms with van der Waals surface area (Å²) in [5.41, 5.74) is 5.87. The van der Waals surface area contributed by atoms with Crippen LogP contribution in [-0.4, -0.2) is 41.6 Å². The fourth-order valence-corrected chi connectivity index (χ4v) is 2.52. The first-order valence-corrected chi connectivity index (χ1v) is 7.49. The third-order valence-electron chi connectivity index (χ3n) is 3.95. The second-order valence-corrected chi connectivity index (χ2v) is 5.80. The Morgan fingerprint density at radius 3 is 2.81 bits per heavy atom. The van der Waals surface area contributed by atoms with E-state index in [4.69, 9.17) is 5.73 Å². The van der Waals surface area contributed by atoms with Gasteiger partial charge in [-0.3, -0.25) is 9.59 Å². The minimum absolute atomic E-state index is 0.0148. The van der Waals surface area contributed by atoms with Crippen LogP contribution in [0.2, 0.25) is 0 Å². The predicted octanol–water partition coefficient (Wildman–Crippen LogP) is 0.279. The van der Waals surface area contributed by atoms with E-state index in [0.717, 1.165) is 25.6 Å². The van der Waals surface area contributed by atoms with Gasteiger partial charge in [0.15, 0.2) is 0 Å². The van der Waals surface area contributed by atoms with Gasteiger partial charge >= 0.3 is 0 Å². The van der Waals surface area contributed by atoms with Crippen LogP contribution in [0.3, 0.4) is 0 Å². The number of likely N-dealkylation sites (tertiary alicyclic amines) is 1. The zero-order valence-electron chi connectivity index (χ0n) is 12.5. The van der Waals surface area contributed by atoms with Crippen LogP contribution in [0.5, 0.6) is 0 Å². The first kappa shape index (κ1) is 15.6. The fourth-order valence-electron chi connectivity index (χ4n) is 2.52. The normalized spacial score (nSPS) is 16.8. The zero-order chi connectivity index (χ0) is 15.2. The molecule has 0 saturated carbocycles. The molecule has 116 valence electrons. The quantitative estimate of drug-likeness (QED) is 0.817. The molecule has 0 aliphatic carbocycles. The molecule has 1 saturated heterocycles. The molecular formula is C15H24N4O2. The maximum atomic E-state index is 11.8. The Bertz CT molecular complexity index is 533. The molecule has 1 aliphatic heterocycles. The van der Waals surface area contributed by atoms with Crippen molar-refractivity contribution in [2.75, 3.05) is 31.9 Å². The molecule has 3 N–H and O–H groups in total. The SMILES string of the molecule is CC1CCN(CCNC(=O)Cn2cc(N)ccc2=O)CC1. The van der Waals surface area contributed by atoms with Gasteiger partial charge in [-0.15, -0.1) is 0 Å². The van der Waals surface area contributed by atoms with Crippen molar-refractivity contribution in [2.24, 2.45) is 5.92 Å². The number of piperidine rings is 1. The number of hydrogen-bond donors (Lipinski definition) is 2. The summed E-state index contributed by atoms with van der Waals surface area (Å²) in [5.74, 6) is 0.652. The number of anilines is 1. The fraction of sp³-hybridized carbons (Fsp3) is 0.600. The number of rotatable bonds is 5. The van der Waals surface area contributed by atoms with Crippen LogP contribution in [0.15, 0.2) is 23.1 Å². The maximum Gasteiger partial charge on any atom is 0.251 e. The number of pyridine rings is 1. The molecule has 1 aliphatic rings. The molecular weight excluding hydrogens is 268 g/mol. The highest BCUT2D eigenvalue weighted by Crippen LogP contribution is 2.14. The number of hydrogen-bond acceptors (Lipinski definition) is 4. The van der Waals surface area contributed by atoms with Crippen molar-refractivity contribution in [3.8, 4) is 0 Å². The summed E-state index contributed by atoms with van der Waals surface area (Å²) in [5, 5.41) is 2.86. The molecule has 0 bridgehead atoms. The number of nitrogens with two attached hydrogens (primary N) is 1. The van der Waals surface area contributed by atoms with E-state index in [9.17, 15) is 9.59 Å². The van der Waals surface area contributed by atoms with Crippen LogP contribution < -0.4 is 16.6 Å². The molecule has 2 heterocycles. The van der Waals surface area contributed by atoms with E-state index in [1.807, 2.05) is 0 Å². The standard InChI is InChI=1S/C15H24N4O2/c1-12-4-7-18(8-5-12)9-6-17-14(20)11-19-10-13(16)2-3-15(19)21/h2-3,10,12H,4-9,11,16H2,1H3,(H,17,20). The van der Waals surface area contributed by atoms with Gasteiger partial charge in [0.25, 0.3) is 5.56 Å². The molecule has 2 rings (SSSR count). The molecule has 0 spiro atoms. The minimum atomic E-state index is -0.218. The van der Waals surface area contributed by atoms with Crippen molar-refractivity contribution in [1.82, 2.24) is 14.8 Å². The smallest absolute Gasteiger partial charge is 0.251 e. The molecule has 1 aromatic rings. The van der Waals surface area contributed by atoms with E-state index in [-0.39, 0.29) is 18.0 Å². The van der Waals surface area contributed by atoms with Crippen LogP contribution in [0.4, 0.5) is 5.69 Å². The highest BCUT2D eigenvalue weighted by Gasteiger charge is 2.15. The first-order chi connectivity index (χ1) is 10.0. The zero-order valence-corrected chi connectivity index (χ0v) is 12.5. The van der Waals surface area contributed by atoms with Crippen LogP contribution in [0.25, 0.3) is 0 Å². The van der Waals surface area contributed by atoms with Gasteiger partial charge < -0.3 is 20.5 Å². The number of amides is 1. The Balaban J connectivity index is 1.72. The van der Waals surface area contributed by atoms with E-state index < -0.39 is 0 Å². The van der Waals surface area contributed by atoms with Gasteiger partial charge in [0.2, 0.25) is 5.91 Å². The summed E-state index contributed by atoms with van der Waals surface area (Å²) in [4.78, 5) is 25.8. The number of nitrogens with zero attached hydrogens (tertiary/aromatic N) is 2. The Hall–Kier alpha value is -1.82. The Morgan fingerprint density at radius 1 is 1.38 bits per heavy atom. The lowest BCUT2D eigenvalue weighted by molar-refractivity contribution is -0.121. The Kier molecular flexibility index (Phi) is 5.38. The predicted molar refractivity (Wildman–Crippen MR) is 83.0 cm³/mol. The lowest BCUT2D eigenvalue weighted by Gasteiger charge is -2.30. The molecule has 1 fully saturated rings. The summed E-state index contributed by atoms with van der Waals surface area (Å²) in [6, 6.07) is 2.91. The topological polar surface area (TPSA) is 80.4 Å². The third-order valence-corrected chi connectivity index (χ3v) is 3.95. The number of nitrogens with one attached hydrogen (secondary N) is 1. The molecule has 6 heteroatoms. The highest BCUT2D eigenvalue weighted by molar-refractivity contribution is 5.75. The average Bonchev–Trinajstić information content (AvgIpc) is 2.45. The van der Waals surface area contributed by atoms with Crippen LogP contribution in [0.1, 0.15) is 19.8 Å². The van der Waals surface area contributed by atoms with E-state index in [0.29, 0.717) is 12.2 Å². The summed E-state index contributed by atoms with van der Waals surface area (Å²) >= 11 is 0. The molecule has 0 atom stereocenters. The monoisotopic (exact) mass is 292 g/mol. The average molecular weight is 292 g/mol. The van der Waals surface area contributed by atoms with Gasteiger partial charge in [-0.05, 0) is 37.9 Å². The van der Waals surface area contributed by atoms with E-state index in [1.54, 1.807) is 0 Å². The number of nitrogen functional groups attached to an aromatic ring is 1. The first-order valence-electron chi connectivity index (χ1n) is 7.49. The second kappa shape index (κ2) is 7.26. The third kappa shape index (κ3) is 4.90. The van der Waals surface area contributed by atoms with Crippen LogP contribution >= 0.6 is 0 Å². The molecule has 0 unspecified atom stereocenters. The number of carbonyl (C=O) groups excluding carboxylic acids is 1. The molecule has 0 radical (unpaired) electrons. The molecule has 0 aromatic carbocycles. The van der Waals surface area contributed by atoms with Crippen molar-refractivity contribution < 1.29 is 4.79 Å². The van der Waals surface area contributed by atoms with E-state index in [2.05, 4.69) is 17.1 Å². The van der Waals surface area contributed by atoms with Gasteiger partial charge in [0.05, 0.1) is 0 Å². The van der Waals surface area contributed by atoms with Crippen molar-refractivity contribution in [2.45, 2.75) is 26.3 Å². The lowest BCUT2D eigenvalue weighted by Crippen LogP contribution is -2.40. The van der Waals surface area contributed by atoms with E-state index in [1.165, 1.54) is 35.7 Å². The molecule has 21 heavy (non-hydrogen) atoms. The van der Waals surface area contributed by atoms with Crippen molar-refractivity contribution >= 4 is 11.6 Å². The highest BCUT2D eigenvalue weighted by atomic mass is 16.2. The molecule has 6 nitrogen and oxygen atoms in total. The van der Waals surface area contributed by atoms with Crippen molar-refractivity contribution in [1.29, 1.82) is 0 Å². The Morgan fingerprint density at radius 2 is 2.10 bits per heavy atom. The van der Waals surface area contributed by atoms with Gasteiger partial charge in [0, 0.05) is 31.0 Å². The van der Waals surface area contributed by atoms with Gasteiger partial charge in [-0.2, -0.15) is 0 Å². The summed E-state index contributed by atoms with van der Waals surface area (Å²) in [6.45, 7) is 5.98. The summed E-state index contributed by atoms with van der Waals surface area (Å²) < 4.78 is 1.33. The minimum Gasteiger partial charge on any atom is -0.398 e. The van der Waals surface area contributed by atoms with Gasteiger partial charge in [-0.1, -0.05) is 6.92 Å². The number of aromatic nitrogens is 1. The maximum absolute atomic E-state index is 11.8. The van der Waals surface area contributed by atoms with Crippen molar-refractivity contribution in [3.63, 3.8) is 0 Å². The lowest BCUT2D eigenvalue weighted by atomic mass is 9.99. The largest absolute Gasteiger partial charge is 0.398 e. The van der Waals surface area contributed by atoms with Gasteiger partial charge in [-0.25, -0.2) is 0 Å². The second-order valence-electron chi connectivity index (χ2n) is 5.80.